The summed E-state index contributed by atoms with van der Waals surface area (Å²) in [6.07, 6.45) is 3.22. The van der Waals surface area contributed by atoms with E-state index in [1.165, 1.54) is 0 Å². The van der Waals surface area contributed by atoms with Gasteiger partial charge in [-0.05, 0) is 99.7 Å². The number of nitrogens with two attached hydrogens (primary N) is 1. The minimum Gasteiger partial charge on any atom is -0.369 e. The lowest BCUT2D eigenvalue weighted by atomic mass is 9.71. The van der Waals surface area contributed by atoms with Crippen molar-refractivity contribution in [2.45, 2.75) is 158 Å². The Morgan fingerprint density at radius 2 is 1.41 bits per heavy atom. The van der Waals surface area contributed by atoms with Crippen molar-refractivity contribution < 1.29 is 47.9 Å². The Bertz CT molecular complexity index is 2330. The number of urea groups is 1. The van der Waals surface area contributed by atoms with E-state index in [2.05, 4.69) is 35.1 Å². The van der Waals surface area contributed by atoms with Crippen LogP contribution < -0.4 is 27.0 Å². The van der Waals surface area contributed by atoms with Gasteiger partial charge in [0.15, 0.2) is 17.3 Å². The predicted octanol–water partition coefficient (Wildman–Crippen LogP) is 7.10. The summed E-state index contributed by atoms with van der Waals surface area (Å²) in [5.74, 6) is -3.76. The van der Waals surface area contributed by atoms with Gasteiger partial charge >= 0.3 is 6.03 Å². The number of likely N-dealkylation sites (N-methyl/N-ethyl adjacent to an activating group) is 1. The van der Waals surface area contributed by atoms with Gasteiger partial charge in [-0.1, -0.05) is 111 Å². The van der Waals surface area contributed by atoms with Crippen LogP contribution in [0.5, 0.6) is 0 Å². The van der Waals surface area contributed by atoms with E-state index >= 15 is 0 Å². The Balaban J connectivity index is 1.61. The van der Waals surface area contributed by atoms with Gasteiger partial charge in [-0.25, -0.2) is 4.79 Å². The molecule has 3 rings (SSSR count). The van der Waals surface area contributed by atoms with Gasteiger partial charge in [0.25, 0.3) is 0 Å². The predicted molar refractivity (Wildman–Crippen MR) is 296 cm³/mol. The van der Waals surface area contributed by atoms with Gasteiger partial charge in [0.2, 0.25) is 23.6 Å². The maximum absolute atomic E-state index is 14.2. The molecule has 1 aliphatic rings. The monoisotopic (exact) mass is 1060 g/mol. The molecule has 1 aliphatic heterocycles. The highest BCUT2D eigenvalue weighted by Gasteiger charge is 2.42. The van der Waals surface area contributed by atoms with Crippen LogP contribution in [0, 0.1) is 35.0 Å². The van der Waals surface area contributed by atoms with E-state index in [9.17, 15) is 43.2 Å². The van der Waals surface area contributed by atoms with Crippen LogP contribution in [0.3, 0.4) is 0 Å². The summed E-state index contributed by atoms with van der Waals surface area (Å²) < 4.78 is 5.82. The number of primary amides is 1. The molecule has 1 heterocycles. The fraction of sp³-hybridized carbons (Fsp3) is 0.610. The highest BCUT2D eigenvalue weighted by Crippen LogP contribution is 2.35. The smallest absolute Gasteiger partial charge is 0.312 e. The third-order valence-corrected chi connectivity index (χ3v) is 14.6. The van der Waals surface area contributed by atoms with Crippen molar-refractivity contribution in [3.63, 3.8) is 0 Å². The molecule has 5 atom stereocenters. The topological polar surface area (TPSA) is 243 Å². The second-order valence-corrected chi connectivity index (χ2v) is 23.1. The Hall–Kier alpha value is -6.07. The number of ketones is 4. The third-order valence-electron chi connectivity index (χ3n) is 14.6. The quantitative estimate of drug-likeness (QED) is 0.0390. The number of nitrogens with zero attached hydrogens (tertiary/aromatic N) is 2. The van der Waals surface area contributed by atoms with Gasteiger partial charge < -0.3 is 36.6 Å². The average molecular weight is 1060 g/mol. The van der Waals surface area contributed by atoms with Gasteiger partial charge in [0.1, 0.15) is 12.4 Å². The number of amides is 6. The number of rotatable bonds is 30. The van der Waals surface area contributed by atoms with Crippen LogP contribution in [0.2, 0.25) is 0 Å². The Labute approximate surface area is 452 Å². The summed E-state index contributed by atoms with van der Waals surface area (Å²) in [5.41, 5.74) is 6.80. The Kier molecular flexibility index (Phi) is 25.4. The zero-order chi connectivity index (χ0) is 57.1. The van der Waals surface area contributed by atoms with E-state index in [-0.39, 0.29) is 105 Å². The lowest BCUT2D eigenvalue weighted by Gasteiger charge is -2.40. The van der Waals surface area contributed by atoms with Gasteiger partial charge in [0.05, 0.1) is 24.7 Å². The molecule has 0 spiro atoms. The van der Waals surface area contributed by atoms with E-state index in [1.807, 2.05) is 83.9 Å². The molecule has 6 N–H and O–H groups in total. The molecule has 0 bridgehead atoms. The maximum atomic E-state index is 14.2. The number of anilines is 1. The van der Waals surface area contributed by atoms with Crippen LogP contribution in [0.4, 0.5) is 10.5 Å². The van der Waals surface area contributed by atoms with E-state index in [0.717, 1.165) is 11.1 Å². The first-order valence-corrected chi connectivity index (χ1v) is 26.9. The molecule has 0 unspecified atom stereocenters. The van der Waals surface area contributed by atoms with Crippen molar-refractivity contribution in [1.82, 2.24) is 25.8 Å². The standard InChI is InChI=1S/C59H89N7O10/c1-37(2)47(63-56(74)46(58(7,8)9)34-49(69)54(65(12)13)59(10,11)44-19-15-14-16-20-44)32-39(5)50(70)36-76-35-41-21-23-45(24-22-41)62-55(73)43(18-17-29-61-57(60)75)33-48(68)53(38(3)4)64-51(71)25-26-52(72)66-30-27-42(28-31-66)40(6)67/h14-16,19-24,32,37-38,42-43,46-47,53-54H,17-18,25-31,33-36H2,1-13H3,(H,62,73)(H,63,74)(H,64,71)(H3,60,61,75)/b39-32+/t43-,46-,47-,53+,54-/m1/s1. The molecule has 17 nitrogen and oxygen atoms in total. The lowest BCUT2D eigenvalue weighted by molar-refractivity contribution is -0.136. The first kappa shape index (κ1) is 64.2. The number of hydrogen-bond acceptors (Lipinski definition) is 11. The number of ether oxygens (including phenoxy) is 1. The SMILES string of the molecule is CC(=O)C1CCN(C(=O)CCC(=O)N[C@H](C(=O)C[C@@H](CCCNC(N)=O)C(=O)Nc2ccc(COCC(=O)/C(C)=C/[C@@H](NC(=O)[C@@H](CC(=O)[C@@H](N(C)C)C(C)(C)c3ccccc3)C(C)(C)C)C(C)C)cc2)C(C)C)CC1. The number of hydrogen-bond donors (Lipinski definition) is 5. The molecule has 1 fully saturated rings. The normalized spacial score (nSPS) is 15.6. The molecule has 17 heteroatoms. The highest BCUT2D eigenvalue weighted by molar-refractivity contribution is 5.98. The molecule has 0 aromatic heterocycles. The van der Waals surface area contributed by atoms with Crippen molar-refractivity contribution in [3.8, 4) is 0 Å². The van der Waals surface area contributed by atoms with Crippen LogP contribution >= 0.6 is 0 Å². The number of piperidine rings is 1. The van der Waals surface area contributed by atoms with Crippen molar-refractivity contribution in [3.05, 3.63) is 77.4 Å². The second-order valence-electron chi connectivity index (χ2n) is 23.1. The van der Waals surface area contributed by atoms with Crippen molar-refractivity contribution >= 4 is 58.5 Å². The van der Waals surface area contributed by atoms with Crippen LogP contribution in [-0.4, -0.2) is 121 Å². The van der Waals surface area contributed by atoms with E-state index < -0.39 is 58.6 Å². The van der Waals surface area contributed by atoms with Crippen molar-refractivity contribution in [2.75, 3.05) is 45.7 Å². The van der Waals surface area contributed by atoms with Crippen LogP contribution in [0.1, 0.15) is 139 Å². The molecule has 1 saturated heterocycles. The first-order chi connectivity index (χ1) is 35.5. The van der Waals surface area contributed by atoms with Crippen LogP contribution in [0.25, 0.3) is 0 Å². The number of carbonyl (C=O) groups excluding carboxylic acids is 9. The van der Waals surface area contributed by atoms with E-state index in [1.54, 1.807) is 62.9 Å². The van der Waals surface area contributed by atoms with Crippen molar-refractivity contribution in [1.29, 1.82) is 0 Å². The molecular formula is C59H89N7O10. The zero-order valence-corrected chi connectivity index (χ0v) is 47.6. The van der Waals surface area contributed by atoms with E-state index in [0.29, 0.717) is 43.6 Å². The molecule has 6 amide bonds. The average Bonchev–Trinajstić information content (AvgIpc) is 3.34. The number of benzene rings is 2. The molecule has 2 aromatic carbocycles. The summed E-state index contributed by atoms with van der Waals surface area (Å²) in [4.78, 5) is 122. The van der Waals surface area contributed by atoms with Crippen LogP contribution in [0.15, 0.2) is 66.2 Å². The second kappa shape index (κ2) is 30.0. The van der Waals surface area contributed by atoms with E-state index in [4.69, 9.17) is 10.5 Å². The van der Waals surface area contributed by atoms with Gasteiger partial charge in [0, 0.05) is 74.2 Å². The summed E-state index contributed by atoms with van der Waals surface area (Å²) in [5, 5.41) is 11.3. The summed E-state index contributed by atoms with van der Waals surface area (Å²) in [6, 6.07) is 14.2. The Morgan fingerprint density at radius 1 is 0.789 bits per heavy atom. The Morgan fingerprint density at radius 3 is 1.95 bits per heavy atom. The number of carbonyl (C=O) groups is 9. The van der Waals surface area contributed by atoms with Gasteiger partial charge in [-0.2, -0.15) is 0 Å². The van der Waals surface area contributed by atoms with Gasteiger partial charge in [-0.3, -0.25) is 43.3 Å². The molecule has 0 aliphatic carbocycles. The zero-order valence-electron chi connectivity index (χ0n) is 47.6. The number of likely N-dealkylation sites (tertiary alicyclic amines) is 1. The largest absolute Gasteiger partial charge is 0.369 e. The van der Waals surface area contributed by atoms with Crippen molar-refractivity contribution in [2.24, 2.45) is 40.7 Å². The minimum atomic E-state index is -0.911. The lowest BCUT2D eigenvalue weighted by Crippen LogP contribution is -2.52. The molecule has 2 aromatic rings. The molecular weight excluding hydrogens is 967 g/mol. The third kappa shape index (κ3) is 20.5. The maximum Gasteiger partial charge on any atom is 0.312 e. The summed E-state index contributed by atoms with van der Waals surface area (Å²) in [7, 11) is 3.78. The number of nitrogens with one attached hydrogen (secondary N) is 4. The van der Waals surface area contributed by atoms with Gasteiger partial charge in [-0.15, -0.1) is 0 Å². The first-order valence-electron chi connectivity index (χ1n) is 26.9. The highest BCUT2D eigenvalue weighted by atomic mass is 16.5. The fourth-order valence-electron chi connectivity index (χ4n) is 9.83. The number of Topliss-reactive ketones (excluding diaryl/α,β-unsaturated/α-hetero) is 4. The summed E-state index contributed by atoms with van der Waals surface area (Å²) >= 11 is 0. The minimum absolute atomic E-state index is 0.0294. The fourth-order valence-corrected chi connectivity index (χ4v) is 9.83. The molecule has 0 saturated carbocycles. The molecule has 0 radical (unpaired) electrons. The molecule has 76 heavy (non-hydrogen) atoms. The van der Waals surface area contributed by atoms with Crippen LogP contribution in [-0.2, 0) is 55.1 Å². The summed E-state index contributed by atoms with van der Waals surface area (Å²) in [6.45, 7) is 21.7. The molecule has 420 valence electrons.